The molecule has 0 spiro atoms. The topological polar surface area (TPSA) is 90.9 Å². The minimum Gasteiger partial charge on any atom is -0.348 e. The second-order valence-electron chi connectivity index (χ2n) is 6.10. The molecule has 9 heteroatoms. The van der Waals surface area contributed by atoms with Gasteiger partial charge in [0.25, 0.3) is 5.56 Å². The van der Waals surface area contributed by atoms with Crippen LogP contribution in [0.25, 0.3) is 11.2 Å². The molecule has 3 aromatic rings. The van der Waals surface area contributed by atoms with Crippen molar-refractivity contribution in [1.29, 1.82) is 0 Å². The molecule has 0 saturated heterocycles. The average molecular weight is 359 g/mol. The van der Waals surface area contributed by atoms with E-state index in [1.54, 1.807) is 26.1 Å². The van der Waals surface area contributed by atoms with Crippen LogP contribution in [0.1, 0.15) is 18.5 Å². The Balaban J connectivity index is 1.88. The van der Waals surface area contributed by atoms with Crippen LogP contribution in [0.5, 0.6) is 0 Å². The van der Waals surface area contributed by atoms with Crippen LogP contribution in [0.4, 0.5) is 4.39 Å². The van der Waals surface area contributed by atoms with Gasteiger partial charge in [0, 0.05) is 14.1 Å². The zero-order valence-corrected chi connectivity index (χ0v) is 14.6. The number of carbonyl (C=O) groups is 1. The Labute approximate surface area is 147 Å². The van der Waals surface area contributed by atoms with Gasteiger partial charge in [-0.3, -0.25) is 14.2 Å². The fourth-order valence-electron chi connectivity index (χ4n) is 2.80. The molecule has 0 aliphatic carbocycles. The summed E-state index contributed by atoms with van der Waals surface area (Å²) in [4.78, 5) is 41.3. The number of nitrogens with one attached hydrogen (secondary N) is 1. The van der Waals surface area contributed by atoms with Gasteiger partial charge in [0.1, 0.15) is 12.4 Å². The quantitative estimate of drug-likeness (QED) is 0.732. The summed E-state index contributed by atoms with van der Waals surface area (Å²) in [5.41, 5.74) is 0.0193. The Morgan fingerprint density at radius 2 is 1.88 bits per heavy atom. The number of carbonyl (C=O) groups excluding carboxylic acids is 1. The number of nitrogens with zero attached hydrogens (tertiary/aromatic N) is 4. The van der Waals surface area contributed by atoms with E-state index in [1.165, 1.54) is 34.6 Å². The van der Waals surface area contributed by atoms with Crippen molar-refractivity contribution in [2.75, 3.05) is 0 Å². The number of aryl methyl sites for hydroxylation is 2. The van der Waals surface area contributed by atoms with Crippen LogP contribution in [-0.4, -0.2) is 24.6 Å². The number of rotatable bonds is 4. The maximum atomic E-state index is 13.0. The second kappa shape index (κ2) is 6.58. The van der Waals surface area contributed by atoms with Gasteiger partial charge in [-0.25, -0.2) is 18.7 Å². The summed E-state index contributed by atoms with van der Waals surface area (Å²) in [7, 11) is 3.13. The molecule has 8 nitrogen and oxygen atoms in total. The maximum absolute atomic E-state index is 13.0. The van der Waals surface area contributed by atoms with E-state index in [4.69, 9.17) is 0 Å². The molecule has 0 saturated carbocycles. The van der Waals surface area contributed by atoms with Gasteiger partial charge in [-0.05, 0) is 24.6 Å². The number of amides is 1. The monoisotopic (exact) mass is 359 g/mol. The van der Waals surface area contributed by atoms with Crippen molar-refractivity contribution in [3.8, 4) is 0 Å². The average Bonchev–Trinajstić information content (AvgIpc) is 2.99. The van der Waals surface area contributed by atoms with Gasteiger partial charge < -0.3 is 9.88 Å². The van der Waals surface area contributed by atoms with E-state index in [-0.39, 0.29) is 17.0 Å². The van der Waals surface area contributed by atoms with Gasteiger partial charge in [-0.1, -0.05) is 12.1 Å². The normalized spacial score (nSPS) is 12.3. The SMILES string of the molecule is C[C@H](NC(=O)Cn1c(=O)c2c(ncn2C)n(C)c1=O)c1ccc(F)cc1. The highest BCUT2D eigenvalue weighted by Gasteiger charge is 2.18. The van der Waals surface area contributed by atoms with Crippen molar-refractivity contribution in [2.45, 2.75) is 19.5 Å². The Hall–Kier alpha value is -3.23. The van der Waals surface area contributed by atoms with Crippen LogP contribution in [0, 0.1) is 5.82 Å². The molecule has 1 amide bonds. The lowest BCUT2D eigenvalue weighted by atomic mass is 10.1. The summed E-state index contributed by atoms with van der Waals surface area (Å²) in [6, 6.07) is 5.33. The summed E-state index contributed by atoms with van der Waals surface area (Å²) < 4.78 is 16.6. The van der Waals surface area contributed by atoms with Crippen LogP contribution in [-0.2, 0) is 25.4 Å². The fourth-order valence-corrected chi connectivity index (χ4v) is 2.80. The fraction of sp³-hybridized carbons (Fsp3) is 0.294. The molecular weight excluding hydrogens is 341 g/mol. The highest BCUT2D eigenvalue weighted by Crippen LogP contribution is 2.12. The smallest absolute Gasteiger partial charge is 0.332 e. The molecule has 26 heavy (non-hydrogen) atoms. The van der Waals surface area contributed by atoms with Gasteiger partial charge in [0.15, 0.2) is 11.2 Å². The van der Waals surface area contributed by atoms with Crippen LogP contribution in [0.15, 0.2) is 40.2 Å². The van der Waals surface area contributed by atoms with E-state index in [9.17, 15) is 18.8 Å². The molecule has 0 bridgehead atoms. The zero-order valence-electron chi connectivity index (χ0n) is 14.6. The van der Waals surface area contributed by atoms with Crippen molar-refractivity contribution < 1.29 is 9.18 Å². The predicted molar refractivity (Wildman–Crippen MR) is 93.2 cm³/mol. The number of hydrogen-bond donors (Lipinski definition) is 1. The third-order valence-electron chi connectivity index (χ3n) is 4.25. The summed E-state index contributed by atoms with van der Waals surface area (Å²) in [6.45, 7) is 1.31. The largest absolute Gasteiger partial charge is 0.348 e. The highest BCUT2D eigenvalue weighted by molar-refractivity contribution is 5.77. The first-order chi connectivity index (χ1) is 12.3. The van der Waals surface area contributed by atoms with Gasteiger partial charge in [0.2, 0.25) is 5.91 Å². The van der Waals surface area contributed by atoms with Gasteiger partial charge in [0.05, 0.1) is 12.4 Å². The van der Waals surface area contributed by atoms with Gasteiger partial charge in [-0.15, -0.1) is 0 Å². The number of halogens is 1. The van der Waals surface area contributed by atoms with E-state index in [1.807, 2.05) is 0 Å². The first-order valence-electron chi connectivity index (χ1n) is 7.95. The maximum Gasteiger partial charge on any atom is 0.332 e. The van der Waals surface area contributed by atoms with E-state index in [0.29, 0.717) is 5.56 Å². The van der Waals surface area contributed by atoms with E-state index in [0.717, 1.165) is 4.57 Å². The lowest BCUT2D eigenvalue weighted by Crippen LogP contribution is -2.43. The van der Waals surface area contributed by atoms with Crippen LogP contribution in [0.3, 0.4) is 0 Å². The molecule has 3 rings (SSSR count). The standard InChI is InChI=1S/C17H18FN5O3/c1-10(11-4-6-12(18)7-5-11)20-13(24)8-23-16(25)14-15(19-9-21(14)2)22(3)17(23)26/h4-7,9-10H,8H2,1-3H3,(H,20,24)/t10-/m0/s1. The van der Waals surface area contributed by atoms with Crippen molar-refractivity contribution in [1.82, 2.24) is 24.0 Å². The van der Waals surface area contributed by atoms with Crippen LogP contribution >= 0.6 is 0 Å². The van der Waals surface area contributed by atoms with Crippen LogP contribution < -0.4 is 16.6 Å². The molecule has 1 N–H and O–H groups in total. The molecule has 0 unspecified atom stereocenters. The Morgan fingerprint density at radius 3 is 2.54 bits per heavy atom. The Kier molecular flexibility index (Phi) is 4.45. The van der Waals surface area contributed by atoms with Gasteiger partial charge in [-0.2, -0.15) is 0 Å². The highest BCUT2D eigenvalue weighted by atomic mass is 19.1. The number of hydrogen-bond acceptors (Lipinski definition) is 4. The van der Waals surface area contributed by atoms with Crippen molar-refractivity contribution >= 4 is 17.1 Å². The first kappa shape index (κ1) is 17.6. The van der Waals surface area contributed by atoms with Crippen molar-refractivity contribution in [3.63, 3.8) is 0 Å². The lowest BCUT2D eigenvalue weighted by Gasteiger charge is -2.15. The first-order valence-corrected chi connectivity index (χ1v) is 7.95. The lowest BCUT2D eigenvalue weighted by molar-refractivity contribution is -0.122. The molecule has 136 valence electrons. The number of fused-ring (bicyclic) bond motifs is 1. The van der Waals surface area contributed by atoms with E-state index in [2.05, 4.69) is 10.3 Å². The molecule has 2 heterocycles. The number of aromatic nitrogens is 4. The minimum absolute atomic E-state index is 0.242. The predicted octanol–water partition coefficient (Wildman–Crippen LogP) is 0.450. The van der Waals surface area contributed by atoms with Gasteiger partial charge >= 0.3 is 5.69 Å². The molecule has 1 aromatic carbocycles. The minimum atomic E-state index is -0.620. The summed E-state index contributed by atoms with van der Waals surface area (Å²) in [5, 5.41) is 2.70. The molecular formula is C17H18FN5O3. The van der Waals surface area contributed by atoms with E-state index >= 15 is 0 Å². The second-order valence-corrected chi connectivity index (χ2v) is 6.10. The Bertz CT molecular complexity index is 1090. The summed E-state index contributed by atoms with van der Waals surface area (Å²) in [5.74, 6) is -0.866. The molecule has 2 aromatic heterocycles. The summed E-state index contributed by atoms with van der Waals surface area (Å²) >= 11 is 0. The molecule has 0 radical (unpaired) electrons. The molecule has 0 aliphatic rings. The van der Waals surface area contributed by atoms with Crippen LogP contribution in [0.2, 0.25) is 0 Å². The molecule has 0 fully saturated rings. The number of benzene rings is 1. The summed E-state index contributed by atoms with van der Waals surface area (Å²) in [6.07, 6.45) is 1.44. The van der Waals surface area contributed by atoms with Crippen molar-refractivity contribution in [2.24, 2.45) is 14.1 Å². The molecule has 0 aliphatic heterocycles. The zero-order chi connectivity index (χ0) is 19.0. The van der Waals surface area contributed by atoms with E-state index < -0.39 is 29.7 Å². The third-order valence-corrected chi connectivity index (χ3v) is 4.25. The molecule has 1 atom stereocenters. The Morgan fingerprint density at radius 1 is 1.23 bits per heavy atom. The third kappa shape index (κ3) is 3.03. The number of imidazole rings is 1. The van der Waals surface area contributed by atoms with Crippen molar-refractivity contribution in [3.05, 3.63) is 62.8 Å².